The van der Waals surface area contributed by atoms with Gasteiger partial charge in [-0.25, -0.2) is 0 Å². The predicted octanol–water partition coefficient (Wildman–Crippen LogP) is -3.25. The maximum atomic E-state index is 4.85. The van der Waals surface area contributed by atoms with Crippen molar-refractivity contribution in [2.45, 2.75) is 6.92 Å². The quantitative estimate of drug-likeness (QED) is 0.255. The Morgan fingerprint density at radius 1 is 1.43 bits per heavy atom. The molecule has 0 aliphatic carbocycles. The van der Waals surface area contributed by atoms with Crippen molar-refractivity contribution in [3.05, 3.63) is 6.92 Å². The molecule has 0 aromatic rings. The maximum Gasteiger partial charge on any atom is 1.00 e. The summed E-state index contributed by atoms with van der Waals surface area (Å²) in [6.45, 7) is 6.42. The van der Waals surface area contributed by atoms with Crippen LogP contribution in [0.1, 0.15) is 6.92 Å². The fourth-order valence-electron chi connectivity index (χ4n) is 0. The standard InChI is InChI=1S/C2H7N.C2H6N.Na/c2*1-2-3;/h2-3H2,1H3;1-3H2;/q;-1;+1. The van der Waals surface area contributed by atoms with E-state index >= 15 is 0 Å². The second-order valence-corrected chi connectivity index (χ2v) is 0.697. The normalized spacial score (nSPS) is 5.14. The first-order chi connectivity index (χ1) is 2.83. The Hall–Kier alpha value is 0.920. The molecule has 0 saturated heterocycles. The molecule has 0 saturated carbocycles. The van der Waals surface area contributed by atoms with E-state index in [-0.39, 0.29) is 29.6 Å². The van der Waals surface area contributed by atoms with Crippen LogP contribution in [0.15, 0.2) is 0 Å². The van der Waals surface area contributed by atoms with Crippen molar-refractivity contribution < 1.29 is 29.6 Å². The van der Waals surface area contributed by atoms with Crippen LogP contribution in [-0.4, -0.2) is 13.1 Å². The molecule has 0 atom stereocenters. The van der Waals surface area contributed by atoms with E-state index in [9.17, 15) is 0 Å². The van der Waals surface area contributed by atoms with Gasteiger partial charge in [0, 0.05) is 0 Å². The van der Waals surface area contributed by atoms with Gasteiger partial charge in [0.1, 0.15) is 0 Å². The molecule has 0 heterocycles. The minimum absolute atomic E-state index is 0. The zero-order valence-corrected chi connectivity index (χ0v) is 7.28. The number of rotatable bonds is 0. The molecule has 0 rings (SSSR count). The van der Waals surface area contributed by atoms with E-state index < -0.39 is 0 Å². The van der Waals surface area contributed by atoms with Gasteiger partial charge in [0.25, 0.3) is 0 Å². The molecule has 0 aliphatic rings. The number of nitrogens with two attached hydrogens (primary N) is 2. The van der Waals surface area contributed by atoms with Gasteiger partial charge in [-0.1, -0.05) is 6.92 Å². The van der Waals surface area contributed by atoms with Gasteiger partial charge < -0.3 is 18.4 Å². The molecule has 0 unspecified atom stereocenters. The summed E-state index contributed by atoms with van der Waals surface area (Å²) < 4.78 is 0. The second-order valence-electron chi connectivity index (χ2n) is 0.697. The zero-order valence-electron chi connectivity index (χ0n) is 5.28. The van der Waals surface area contributed by atoms with Crippen LogP contribution in [0.4, 0.5) is 0 Å². The Bertz CT molecular complexity index is 11.7. The largest absolute Gasteiger partial charge is 1.00 e. The Labute approximate surface area is 67.9 Å². The van der Waals surface area contributed by atoms with Crippen LogP contribution >= 0.6 is 0 Å². The van der Waals surface area contributed by atoms with Gasteiger partial charge >= 0.3 is 29.6 Å². The summed E-state index contributed by atoms with van der Waals surface area (Å²) in [6, 6.07) is 0. The van der Waals surface area contributed by atoms with Crippen molar-refractivity contribution in [1.82, 2.24) is 0 Å². The summed E-state index contributed by atoms with van der Waals surface area (Å²) in [7, 11) is 0. The number of hydrogen-bond acceptors (Lipinski definition) is 2. The third-order valence-electron chi connectivity index (χ3n) is 0. The van der Waals surface area contributed by atoms with Gasteiger partial charge in [-0.3, -0.25) is 0 Å². The minimum atomic E-state index is 0. The summed E-state index contributed by atoms with van der Waals surface area (Å²) >= 11 is 0. The smallest absolute Gasteiger partial charge is 0.360 e. The fourth-order valence-corrected chi connectivity index (χ4v) is 0. The van der Waals surface area contributed by atoms with Crippen molar-refractivity contribution in [2.24, 2.45) is 11.5 Å². The summed E-state index contributed by atoms with van der Waals surface area (Å²) in [6.07, 6.45) is 0. The third kappa shape index (κ3) is 198. The number of hydrogen-bond donors (Lipinski definition) is 2. The van der Waals surface area contributed by atoms with Gasteiger partial charge in [-0.2, -0.15) is 0 Å². The summed E-state index contributed by atoms with van der Waals surface area (Å²) in [5.41, 5.74) is 9.58. The van der Waals surface area contributed by atoms with Crippen LogP contribution in [0, 0.1) is 6.92 Å². The Morgan fingerprint density at radius 2 is 1.43 bits per heavy atom. The molecule has 3 heteroatoms. The van der Waals surface area contributed by atoms with Crippen LogP contribution in [0.25, 0.3) is 0 Å². The Kier molecular flexibility index (Phi) is 63.7. The van der Waals surface area contributed by atoms with Gasteiger partial charge in [-0.05, 0) is 6.54 Å². The van der Waals surface area contributed by atoms with E-state index in [1.807, 2.05) is 6.92 Å². The second kappa shape index (κ2) is 28.4. The summed E-state index contributed by atoms with van der Waals surface area (Å²) in [4.78, 5) is 0. The van der Waals surface area contributed by atoms with Gasteiger partial charge in [-0.15, -0.1) is 6.54 Å². The fraction of sp³-hybridized carbons (Fsp3) is 0.750. The van der Waals surface area contributed by atoms with Crippen LogP contribution in [0.2, 0.25) is 0 Å². The molecule has 2 nitrogen and oxygen atoms in total. The van der Waals surface area contributed by atoms with Crippen LogP contribution in [0.3, 0.4) is 0 Å². The van der Waals surface area contributed by atoms with E-state index in [2.05, 4.69) is 6.92 Å². The van der Waals surface area contributed by atoms with E-state index in [0.29, 0.717) is 6.54 Å². The van der Waals surface area contributed by atoms with Crippen molar-refractivity contribution in [3.8, 4) is 0 Å². The molecule has 4 N–H and O–H groups in total. The van der Waals surface area contributed by atoms with Gasteiger partial charge in [0.15, 0.2) is 0 Å². The average Bonchev–Trinajstić information content (AvgIpc) is 1.39. The molecule has 0 bridgehead atoms. The minimum Gasteiger partial charge on any atom is -0.360 e. The molecular formula is C4H13N2Na. The van der Waals surface area contributed by atoms with Gasteiger partial charge in [0.05, 0.1) is 0 Å². The molecule has 0 fully saturated rings. The molecule has 0 aliphatic heterocycles. The molecule has 7 heavy (non-hydrogen) atoms. The van der Waals surface area contributed by atoms with Crippen molar-refractivity contribution in [2.75, 3.05) is 13.1 Å². The molecule has 0 aromatic heterocycles. The molecule has 0 radical (unpaired) electrons. The van der Waals surface area contributed by atoms with Crippen molar-refractivity contribution >= 4 is 0 Å². The predicted molar refractivity (Wildman–Crippen MR) is 29.1 cm³/mol. The molecule has 40 valence electrons. The molecular weight excluding hydrogens is 99.0 g/mol. The molecule has 0 aromatic carbocycles. The van der Waals surface area contributed by atoms with Crippen molar-refractivity contribution in [3.63, 3.8) is 0 Å². The summed E-state index contributed by atoms with van der Waals surface area (Å²) in [5, 5.41) is 0. The first kappa shape index (κ1) is 15.7. The van der Waals surface area contributed by atoms with Crippen LogP contribution in [-0.2, 0) is 0 Å². The van der Waals surface area contributed by atoms with E-state index in [0.717, 1.165) is 6.54 Å². The topological polar surface area (TPSA) is 52.0 Å². The first-order valence-electron chi connectivity index (χ1n) is 2.02. The monoisotopic (exact) mass is 112 g/mol. The zero-order chi connectivity index (χ0) is 5.41. The SMILES string of the molecule is CCN.[CH2-]CN.[Na+]. The van der Waals surface area contributed by atoms with Crippen LogP contribution < -0.4 is 41.0 Å². The third-order valence-corrected chi connectivity index (χ3v) is 0. The maximum absolute atomic E-state index is 4.85. The van der Waals surface area contributed by atoms with E-state index in [1.54, 1.807) is 0 Å². The summed E-state index contributed by atoms with van der Waals surface area (Å²) in [5.74, 6) is 0. The van der Waals surface area contributed by atoms with Crippen molar-refractivity contribution in [1.29, 1.82) is 0 Å². The first-order valence-corrected chi connectivity index (χ1v) is 2.02. The molecule has 0 spiro atoms. The van der Waals surface area contributed by atoms with Crippen LogP contribution in [0.5, 0.6) is 0 Å². The molecule has 0 amide bonds. The van der Waals surface area contributed by atoms with E-state index in [4.69, 9.17) is 11.5 Å². The average molecular weight is 112 g/mol. The van der Waals surface area contributed by atoms with E-state index in [1.165, 1.54) is 0 Å². The Balaban J connectivity index is -0.0000000400. The van der Waals surface area contributed by atoms with Gasteiger partial charge in [0.2, 0.25) is 0 Å². The Morgan fingerprint density at radius 3 is 1.43 bits per heavy atom.